The summed E-state index contributed by atoms with van der Waals surface area (Å²) in [7, 11) is 1.72. The number of ether oxygens (including phenoxy) is 2. The Hall–Kier alpha value is -1.85. The number of methoxy groups -OCH3 is 1. The molecule has 5 nitrogen and oxygen atoms in total. The minimum absolute atomic E-state index is 0.170. The molecule has 0 bridgehead atoms. The van der Waals surface area contributed by atoms with Crippen molar-refractivity contribution in [2.45, 2.75) is 32.7 Å². The van der Waals surface area contributed by atoms with Crippen LogP contribution in [0.15, 0.2) is 15.3 Å². The lowest BCUT2D eigenvalue weighted by molar-refractivity contribution is -0.932. The van der Waals surface area contributed by atoms with Crippen LogP contribution in [0.3, 0.4) is 0 Å². The molecule has 1 aromatic heterocycles. The molecule has 1 unspecified atom stereocenters. The maximum Gasteiger partial charge on any atom is 0.339 e. The van der Waals surface area contributed by atoms with E-state index in [1.165, 1.54) is 16.0 Å². The Morgan fingerprint density at radius 1 is 1.30 bits per heavy atom. The van der Waals surface area contributed by atoms with Crippen molar-refractivity contribution in [2.24, 2.45) is 0 Å². The van der Waals surface area contributed by atoms with Gasteiger partial charge in [-0.1, -0.05) is 0 Å². The lowest BCUT2D eigenvalue weighted by Gasteiger charge is -2.27. The summed E-state index contributed by atoms with van der Waals surface area (Å²) in [5.41, 5.74) is 4.75. The van der Waals surface area contributed by atoms with Crippen LogP contribution in [0.25, 0.3) is 11.0 Å². The van der Waals surface area contributed by atoms with Crippen LogP contribution in [0.1, 0.15) is 28.7 Å². The summed E-state index contributed by atoms with van der Waals surface area (Å²) >= 11 is 0. The van der Waals surface area contributed by atoms with Gasteiger partial charge in [0.15, 0.2) is 0 Å². The Balaban J connectivity index is 1.84. The van der Waals surface area contributed by atoms with E-state index in [0.29, 0.717) is 12.3 Å². The molecule has 23 heavy (non-hydrogen) atoms. The third kappa shape index (κ3) is 2.35. The fourth-order valence-corrected chi connectivity index (χ4v) is 3.86. The zero-order valence-electron chi connectivity index (χ0n) is 13.7. The molecule has 1 atom stereocenters. The molecule has 1 aromatic carbocycles. The molecule has 0 saturated heterocycles. The average Bonchev–Trinajstić information content (AvgIpc) is 3.05. The fraction of sp³-hybridized carbons (Fsp3) is 0.500. The van der Waals surface area contributed by atoms with Gasteiger partial charge in [-0.3, -0.25) is 4.90 Å². The smallest absolute Gasteiger partial charge is 0.339 e. The molecule has 0 saturated carbocycles. The molecule has 1 aliphatic carbocycles. The second-order valence-corrected chi connectivity index (χ2v) is 6.52. The Labute approximate surface area is 134 Å². The predicted molar refractivity (Wildman–Crippen MR) is 86.2 cm³/mol. The second kappa shape index (κ2) is 5.65. The largest absolute Gasteiger partial charge is 0.444 e. The van der Waals surface area contributed by atoms with Gasteiger partial charge in [0.2, 0.25) is 6.73 Å². The quantitative estimate of drug-likeness (QED) is 0.858. The van der Waals surface area contributed by atoms with Gasteiger partial charge in [-0.2, -0.15) is 0 Å². The molecule has 5 heteroatoms. The highest BCUT2D eigenvalue weighted by Crippen LogP contribution is 2.36. The van der Waals surface area contributed by atoms with Crippen LogP contribution in [-0.2, 0) is 24.1 Å². The molecule has 2 aliphatic rings. The monoisotopic (exact) mass is 316 g/mol. The van der Waals surface area contributed by atoms with Crippen LogP contribution >= 0.6 is 0 Å². The van der Waals surface area contributed by atoms with Gasteiger partial charge in [0.25, 0.3) is 0 Å². The van der Waals surface area contributed by atoms with Crippen molar-refractivity contribution in [1.29, 1.82) is 0 Å². The van der Waals surface area contributed by atoms with Gasteiger partial charge in [-0.05, 0) is 37.8 Å². The first-order valence-corrected chi connectivity index (χ1v) is 8.25. The van der Waals surface area contributed by atoms with Crippen molar-refractivity contribution < 1.29 is 18.8 Å². The van der Waals surface area contributed by atoms with Gasteiger partial charge in [0, 0.05) is 29.2 Å². The van der Waals surface area contributed by atoms with Crippen molar-refractivity contribution in [2.75, 3.05) is 27.0 Å². The minimum Gasteiger partial charge on any atom is -0.444 e. The van der Waals surface area contributed by atoms with Gasteiger partial charge in [-0.15, -0.1) is 0 Å². The van der Waals surface area contributed by atoms with E-state index >= 15 is 0 Å². The highest BCUT2D eigenvalue weighted by atomic mass is 16.5. The number of benzene rings is 1. The Bertz CT molecular complexity index is 824. The molecule has 0 radical (unpaired) electrons. The molecular weight excluding hydrogens is 294 g/mol. The Kier molecular flexibility index (Phi) is 3.62. The van der Waals surface area contributed by atoms with Crippen molar-refractivity contribution in [3.63, 3.8) is 0 Å². The van der Waals surface area contributed by atoms with Crippen LogP contribution in [0.4, 0.5) is 0 Å². The van der Waals surface area contributed by atoms with Crippen molar-refractivity contribution >= 4 is 11.0 Å². The first kappa shape index (κ1) is 14.7. The topological polar surface area (TPSA) is 53.1 Å². The zero-order chi connectivity index (χ0) is 16.0. The maximum atomic E-state index is 12.2. The molecule has 2 aromatic rings. The fourth-order valence-electron chi connectivity index (χ4n) is 3.86. The van der Waals surface area contributed by atoms with Crippen LogP contribution in [0.2, 0.25) is 0 Å². The highest BCUT2D eigenvalue weighted by Gasteiger charge is 2.27. The highest BCUT2D eigenvalue weighted by molar-refractivity contribution is 5.87. The molecule has 2 heterocycles. The molecule has 1 N–H and O–H groups in total. The third-order valence-electron chi connectivity index (χ3n) is 5.04. The van der Waals surface area contributed by atoms with E-state index in [4.69, 9.17) is 13.9 Å². The number of aryl methyl sites for hydroxylation is 2. The SMILES string of the molecule is COCC[NH+]1COc2c(cc3c4c(c(=O)oc3c2C)CCC4)C1. The van der Waals surface area contributed by atoms with E-state index in [2.05, 4.69) is 6.07 Å². The van der Waals surface area contributed by atoms with E-state index in [1.807, 2.05) is 6.92 Å². The van der Waals surface area contributed by atoms with E-state index in [0.717, 1.165) is 61.2 Å². The molecule has 1 aliphatic heterocycles. The van der Waals surface area contributed by atoms with E-state index in [1.54, 1.807) is 7.11 Å². The Morgan fingerprint density at radius 3 is 2.96 bits per heavy atom. The van der Waals surface area contributed by atoms with Gasteiger partial charge in [0.1, 0.15) is 24.4 Å². The molecule has 0 amide bonds. The lowest BCUT2D eigenvalue weighted by Crippen LogP contribution is -3.12. The number of nitrogens with one attached hydrogen (secondary N) is 1. The van der Waals surface area contributed by atoms with Crippen molar-refractivity contribution in [3.8, 4) is 5.75 Å². The van der Waals surface area contributed by atoms with E-state index in [9.17, 15) is 4.79 Å². The summed E-state index contributed by atoms with van der Waals surface area (Å²) in [6.07, 6.45) is 2.85. The first-order valence-electron chi connectivity index (χ1n) is 8.25. The molecule has 4 rings (SSSR count). The molecular formula is C18H22NO4+. The number of quaternary nitrogens is 1. The lowest BCUT2D eigenvalue weighted by atomic mass is 9.99. The van der Waals surface area contributed by atoms with Gasteiger partial charge in [-0.25, -0.2) is 4.79 Å². The summed E-state index contributed by atoms with van der Waals surface area (Å²) in [5.74, 6) is 0.889. The normalized spacial score (nSPS) is 19.5. The number of hydrogen-bond donors (Lipinski definition) is 1. The summed E-state index contributed by atoms with van der Waals surface area (Å²) in [6.45, 7) is 5.19. The van der Waals surface area contributed by atoms with Crippen LogP contribution < -0.4 is 15.3 Å². The summed E-state index contributed by atoms with van der Waals surface area (Å²) in [4.78, 5) is 13.5. The summed E-state index contributed by atoms with van der Waals surface area (Å²) in [5, 5.41) is 1.10. The zero-order valence-corrected chi connectivity index (χ0v) is 13.7. The van der Waals surface area contributed by atoms with Crippen LogP contribution in [0, 0.1) is 6.92 Å². The molecule has 0 fully saturated rings. The number of hydrogen-bond acceptors (Lipinski definition) is 4. The van der Waals surface area contributed by atoms with E-state index in [-0.39, 0.29) is 5.63 Å². The van der Waals surface area contributed by atoms with Crippen LogP contribution in [-0.4, -0.2) is 27.0 Å². The third-order valence-corrected chi connectivity index (χ3v) is 5.04. The van der Waals surface area contributed by atoms with Crippen molar-refractivity contribution in [1.82, 2.24) is 0 Å². The standard InChI is InChI=1S/C18H21NO4/c1-11-16-12(9-19(10-22-16)6-7-21-2)8-15-13-4-3-5-14(13)18(20)23-17(11)15/h8H,3-7,9-10H2,1-2H3/p+1. The summed E-state index contributed by atoms with van der Waals surface area (Å²) < 4.78 is 16.8. The van der Waals surface area contributed by atoms with Gasteiger partial charge >= 0.3 is 5.63 Å². The summed E-state index contributed by atoms with van der Waals surface area (Å²) in [6, 6.07) is 2.18. The predicted octanol–water partition coefficient (Wildman–Crippen LogP) is 0.971. The maximum absolute atomic E-state index is 12.2. The minimum atomic E-state index is -0.170. The Morgan fingerprint density at radius 2 is 2.13 bits per heavy atom. The molecule has 122 valence electrons. The number of rotatable bonds is 3. The van der Waals surface area contributed by atoms with Gasteiger partial charge in [0.05, 0.1) is 6.61 Å². The van der Waals surface area contributed by atoms with Crippen molar-refractivity contribution in [3.05, 3.63) is 38.7 Å². The second-order valence-electron chi connectivity index (χ2n) is 6.52. The average molecular weight is 316 g/mol. The van der Waals surface area contributed by atoms with Gasteiger partial charge < -0.3 is 13.9 Å². The first-order chi connectivity index (χ1) is 11.2. The van der Waals surface area contributed by atoms with Crippen LogP contribution in [0.5, 0.6) is 5.75 Å². The molecule has 0 spiro atoms. The van der Waals surface area contributed by atoms with E-state index < -0.39 is 0 Å². The number of fused-ring (bicyclic) bond motifs is 4.